The number of likely N-dealkylation sites (tertiary alicyclic amines) is 1. The van der Waals surface area contributed by atoms with Crippen molar-refractivity contribution in [3.05, 3.63) is 89.6 Å². The predicted octanol–water partition coefficient (Wildman–Crippen LogP) is 5.01. The van der Waals surface area contributed by atoms with E-state index in [1.807, 2.05) is 42.6 Å². The fraction of sp³-hybridized carbons (Fsp3) is 0.308. The first-order chi connectivity index (χ1) is 15.7. The third-order valence-corrected chi connectivity index (χ3v) is 6.26. The van der Waals surface area contributed by atoms with Gasteiger partial charge in [-0.05, 0) is 60.4 Å². The molecule has 5 rings (SSSR count). The summed E-state index contributed by atoms with van der Waals surface area (Å²) in [4.78, 5) is 12.0. The van der Waals surface area contributed by atoms with Gasteiger partial charge < -0.3 is 9.30 Å². The zero-order valence-corrected chi connectivity index (χ0v) is 18.2. The molecule has 5 nitrogen and oxygen atoms in total. The number of aromatic nitrogens is 3. The molecule has 0 radical (unpaired) electrons. The standard InChI is InChI=1S/C26H27FN4O/c1-32-23-5-2-4-20(16-23)18-30-14-11-22(12-15-30)31-25(17-19-7-9-21(27)10-8-19)29-24-6-3-13-28-26(24)31/h2-10,13,16,22H,11-12,14-15,17-18H2,1H3. The second kappa shape index (κ2) is 9.09. The lowest BCUT2D eigenvalue weighted by Gasteiger charge is -2.33. The number of ether oxygens (including phenoxy) is 1. The molecule has 0 saturated carbocycles. The van der Waals surface area contributed by atoms with Gasteiger partial charge in [-0.1, -0.05) is 24.3 Å². The smallest absolute Gasteiger partial charge is 0.160 e. The molecule has 0 bridgehead atoms. The summed E-state index contributed by atoms with van der Waals surface area (Å²) in [6, 6.07) is 19.3. The Morgan fingerprint density at radius 1 is 1.00 bits per heavy atom. The highest BCUT2D eigenvalue weighted by atomic mass is 19.1. The van der Waals surface area contributed by atoms with Crippen LogP contribution in [0.25, 0.3) is 11.2 Å². The molecule has 0 amide bonds. The summed E-state index contributed by atoms with van der Waals surface area (Å²) in [6.07, 6.45) is 4.59. The van der Waals surface area contributed by atoms with Gasteiger partial charge in [0.25, 0.3) is 0 Å². The number of methoxy groups -OCH3 is 1. The van der Waals surface area contributed by atoms with Crippen LogP contribution in [0.3, 0.4) is 0 Å². The van der Waals surface area contributed by atoms with E-state index in [-0.39, 0.29) is 5.82 Å². The van der Waals surface area contributed by atoms with Crippen LogP contribution in [0.2, 0.25) is 0 Å². The fourth-order valence-electron chi connectivity index (χ4n) is 4.63. The highest BCUT2D eigenvalue weighted by molar-refractivity contribution is 5.71. The van der Waals surface area contributed by atoms with Gasteiger partial charge in [0.05, 0.1) is 7.11 Å². The van der Waals surface area contributed by atoms with Gasteiger partial charge in [-0.2, -0.15) is 0 Å². The number of hydrogen-bond acceptors (Lipinski definition) is 4. The lowest BCUT2D eigenvalue weighted by Crippen LogP contribution is -2.34. The summed E-state index contributed by atoms with van der Waals surface area (Å²) in [6.45, 7) is 2.96. The molecule has 164 valence electrons. The monoisotopic (exact) mass is 430 g/mol. The highest BCUT2D eigenvalue weighted by Crippen LogP contribution is 2.30. The molecule has 6 heteroatoms. The number of halogens is 1. The molecule has 1 saturated heterocycles. The Kier molecular flexibility index (Phi) is 5.86. The molecule has 32 heavy (non-hydrogen) atoms. The quantitative estimate of drug-likeness (QED) is 0.431. The van der Waals surface area contributed by atoms with Crippen molar-refractivity contribution in [3.8, 4) is 5.75 Å². The van der Waals surface area contributed by atoms with Crippen LogP contribution in [-0.2, 0) is 13.0 Å². The Balaban J connectivity index is 1.34. The molecule has 0 N–H and O–H groups in total. The number of nitrogens with zero attached hydrogens (tertiary/aromatic N) is 4. The zero-order chi connectivity index (χ0) is 21.9. The Hall–Kier alpha value is -3.25. The predicted molar refractivity (Wildman–Crippen MR) is 123 cm³/mol. The maximum Gasteiger partial charge on any atom is 0.160 e. The number of benzene rings is 2. The van der Waals surface area contributed by atoms with E-state index in [1.54, 1.807) is 7.11 Å². The van der Waals surface area contributed by atoms with E-state index in [0.29, 0.717) is 12.5 Å². The molecule has 4 aromatic rings. The van der Waals surface area contributed by atoms with E-state index in [9.17, 15) is 4.39 Å². The van der Waals surface area contributed by atoms with Crippen molar-refractivity contribution in [2.45, 2.75) is 31.8 Å². The molecule has 0 spiro atoms. The summed E-state index contributed by atoms with van der Waals surface area (Å²) in [5.74, 6) is 1.68. The lowest BCUT2D eigenvalue weighted by molar-refractivity contribution is 0.179. The van der Waals surface area contributed by atoms with Crippen LogP contribution in [0.1, 0.15) is 35.8 Å². The second-order valence-electron chi connectivity index (χ2n) is 8.41. The van der Waals surface area contributed by atoms with Crippen LogP contribution in [0, 0.1) is 5.82 Å². The normalized spacial score (nSPS) is 15.3. The van der Waals surface area contributed by atoms with E-state index >= 15 is 0 Å². The average Bonchev–Trinajstić information content (AvgIpc) is 3.19. The topological polar surface area (TPSA) is 43.2 Å². The summed E-state index contributed by atoms with van der Waals surface area (Å²) in [5.41, 5.74) is 4.19. The van der Waals surface area contributed by atoms with Crippen LogP contribution in [0.15, 0.2) is 66.9 Å². The molecule has 1 aliphatic rings. The van der Waals surface area contributed by atoms with Crippen molar-refractivity contribution in [1.29, 1.82) is 0 Å². The second-order valence-corrected chi connectivity index (χ2v) is 8.41. The highest BCUT2D eigenvalue weighted by Gasteiger charge is 2.25. The Morgan fingerprint density at radius 3 is 2.59 bits per heavy atom. The number of imidazole rings is 1. The molecule has 1 fully saturated rings. The molecule has 2 aromatic heterocycles. The van der Waals surface area contributed by atoms with Gasteiger partial charge in [-0.3, -0.25) is 4.90 Å². The minimum absolute atomic E-state index is 0.215. The number of rotatable bonds is 6. The van der Waals surface area contributed by atoms with Gasteiger partial charge >= 0.3 is 0 Å². The van der Waals surface area contributed by atoms with Crippen LogP contribution in [-0.4, -0.2) is 39.6 Å². The molecule has 0 unspecified atom stereocenters. The summed E-state index contributed by atoms with van der Waals surface area (Å²) >= 11 is 0. The molecular formula is C26H27FN4O. The summed E-state index contributed by atoms with van der Waals surface area (Å²) in [5, 5.41) is 0. The molecule has 2 aromatic carbocycles. The first-order valence-corrected chi connectivity index (χ1v) is 11.1. The Bertz CT molecular complexity index is 1200. The van der Waals surface area contributed by atoms with Crippen LogP contribution in [0.4, 0.5) is 4.39 Å². The van der Waals surface area contributed by atoms with Crippen molar-refractivity contribution >= 4 is 11.2 Å². The Morgan fingerprint density at radius 2 is 1.81 bits per heavy atom. The lowest BCUT2D eigenvalue weighted by atomic mass is 10.0. The van der Waals surface area contributed by atoms with Crippen molar-refractivity contribution in [1.82, 2.24) is 19.4 Å². The van der Waals surface area contributed by atoms with E-state index < -0.39 is 0 Å². The minimum atomic E-state index is -0.215. The van der Waals surface area contributed by atoms with E-state index in [0.717, 1.165) is 60.8 Å². The van der Waals surface area contributed by atoms with Gasteiger partial charge in [0, 0.05) is 38.3 Å². The van der Waals surface area contributed by atoms with E-state index in [1.165, 1.54) is 17.7 Å². The third-order valence-electron chi connectivity index (χ3n) is 6.26. The maximum atomic E-state index is 13.4. The maximum absolute atomic E-state index is 13.4. The minimum Gasteiger partial charge on any atom is -0.497 e. The number of hydrogen-bond donors (Lipinski definition) is 0. The van der Waals surface area contributed by atoms with Gasteiger partial charge in [0.2, 0.25) is 0 Å². The summed E-state index contributed by atoms with van der Waals surface area (Å²) < 4.78 is 21.0. The first kappa shape index (κ1) is 20.6. The Labute approximate surface area is 187 Å². The number of piperidine rings is 1. The third kappa shape index (κ3) is 4.36. The van der Waals surface area contributed by atoms with Crippen molar-refractivity contribution in [2.24, 2.45) is 0 Å². The van der Waals surface area contributed by atoms with Gasteiger partial charge in [0.1, 0.15) is 22.9 Å². The van der Waals surface area contributed by atoms with Crippen LogP contribution < -0.4 is 4.74 Å². The molecule has 0 aliphatic carbocycles. The SMILES string of the molecule is COc1cccc(CN2CCC(n3c(Cc4ccc(F)cc4)nc4cccnc43)CC2)c1. The molecule has 0 atom stereocenters. The van der Waals surface area contributed by atoms with Crippen LogP contribution >= 0.6 is 0 Å². The van der Waals surface area contributed by atoms with Gasteiger partial charge in [-0.15, -0.1) is 0 Å². The molecular weight excluding hydrogens is 403 g/mol. The molecule has 3 heterocycles. The van der Waals surface area contributed by atoms with Crippen molar-refractivity contribution < 1.29 is 9.13 Å². The van der Waals surface area contributed by atoms with Gasteiger partial charge in [-0.25, -0.2) is 14.4 Å². The average molecular weight is 431 g/mol. The molecule has 1 aliphatic heterocycles. The number of pyridine rings is 1. The largest absolute Gasteiger partial charge is 0.497 e. The van der Waals surface area contributed by atoms with Crippen molar-refractivity contribution in [3.63, 3.8) is 0 Å². The fourth-order valence-corrected chi connectivity index (χ4v) is 4.63. The van der Waals surface area contributed by atoms with Gasteiger partial charge in [0.15, 0.2) is 5.65 Å². The van der Waals surface area contributed by atoms with E-state index in [4.69, 9.17) is 9.72 Å². The van der Waals surface area contributed by atoms with Crippen LogP contribution in [0.5, 0.6) is 5.75 Å². The zero-order valence-electron chi connectivity index (χ0n) is 18.2. The van der Waals surface area contributed by atoms with Crippen molar-refractivity contribution in [2.75, 3.05) is 20.2 Å². The first-order valence-electron chi connectivity index (χ1n) is 11.1. The van der Waals surface area contributed by atoms with E-state index in [2.05, 4.69) is 26.6 Å². The number of fused-ring (bicyclic) bond motifs is 1. The summed E-state index contributed by atoms with van der Waals surface area (Å²) in [7, 11) is 1.71.